The van der Waals surface area contributed by atoms with Gasteiger partial charge in [-0.1, -0.05) is 30.3 Å². The lowest BCUT2D eigenvalue weighted by molar-refractivity contribution is -0.143. The molecule has 1 aromatic carbocycles. The Morgan fingerprint density at radius 3 is 2.39 bits per heavy atom. The molecule has 2 aromatic rings. The van der Waals surface area contributed by atoms with Gasteiger partial charge in [0.2, 0.25) is 0 Å². The predicted molar refractivity (Wildman–Crippen MR) is 139 cm³/mol. The van der Waals surface area contributed by atoms with Gasteiger partial charge in [0, 0.05) is 13.7 Å². The molecule has 13 heteroatoms. The fourth-order valence-electron chi connectivity index (χ4n) is 3.56. The Morgan fingerprint density at radius 2 is 1.87 bits per heavy atom. The van der Waals surface area contributed by atoms with E-state index in [-0.39, 0.29) is 13.0 Å². The van der Waals surface area contributed by atoms with Crippen molar-refractivity contribution in [2.45, 2.75) is 50.2 Å². The molecule has 1 amide bonds. The molecule has 2 rings (SSSR count). The zero-order valence-electron chi connectivity index (χ0n) is 21.7. The largest absolute Gasteiger partial charge is 0.467 e. The summed E-state index contributed by atoms with van der Waals surface area (Å²) in [6.45, 7) is 1.93. The highest BCUT2D eigenvalue weighted by Gasteiger charge is 2.38. The number of carbonyl (C=O) groups excluding carboxylic acids is 4. The number of ether oxygens (including phenoxy) is 2. The number of methoxy groups -OCH3 is 2. The lowest BCUT2D eigenvalue weighted by atomic mass is 9.91. The van der Waals surface area contributed by atoms with Crippen molar-refractivity contribution in [1.29, 1.82) is 0 Å². The smallest absolute Gasteiger partial charge is 0.329 e. The van der Waals surface area contributed by atoms with Crippen molar-refractivity contribution in [3.63, 3.8) is 0 Å². The van der Waals surface area contributed by atoms with Crippen LogP contribution in [0.1, 0.15) is 27.2 Å². The third-order valence-electron chi connectivity index (χ3n) is 5.72. The number of esters is 1. The number of benzene rings is 1. The first-order valence-corrected chi connectivity index (χ1v) is 12.6. The van der Waals surface area contributed by atoms with E-state index in [0.29, 0.717) is 16.2 Å². The van der Waals surface area contributed by atoms with Crippen molar-refractivity contribution >= 4 is 35.3 Å². The normalized spacial score (nSPS) is 15.9. The molecule has 0 bridgehead atoms. The van der Waals surface area contributed by atoms with Crippen molar-refractivity contribution in [3.05, 3.63) is 52.0 Å². The van der Waals surface area contributed by atoms with E-state index >= 15 is 0 Å². The average molecular weight is 551 g/mol. The Hall–Kier alpha value is -3.07. The topological polar surface area (TPSA) is 176 Å². The van der Waals surface area contributed by atoms with Crippen LogP contribution in [0.5, 0.6) is 0 Å². The lowest BCUT2D eigenvalue weighted by Crippen LogP contribution is -2.60. The molecule has 0 aliphatic heterocycles. The summed E-state index contributed by atoms with van der Waals surface area (Å²) in [7, 11) is 2.48. The summed E-state index contributed by atoms with van der Waals surface area (Å²) >= 11 is 1.16. The minimum atomic E-state index is -2.04. The van der Waals surface area contributed by atoms with E-state index in [4.69, 9.17) is 9.47 Å². The number of Topliss-reactive ketones (excluding diaryl/α,β-unsaturated/α-hetero) is 1. The number of carbonyl (C=O) groups is 4. The van der Waals surface area contributed by atoms with Crippen LogP contribution < -0.4 is 16.0 Å². The van der Waals surface area contributed by atoms with Gasteiger partial charge in [-0.2, -0.15) is 0 Å². The van der Waals surface area contributed by atoms with Crippen molar-refractivity contribution in [1.82, 2.24) is 20.9 Å². The summed E-state index contributed by atoms with van der Waals surface area (Å²) in [5.74, 6) is -1.97. The molecule has 38 heavy (non-hydrogen) atoms. The van der Waals surface area contributed by atoms with Crippen molar-refractivity contribution in [2.24, 2.45) is 0 Å². The van der Waals surface area contributed by atoms with Gasteiger partial charge in [-0.05, 0) is 25.8 Å². The van der Waals surface area contributed by atoms with E-state index in [9.17, 15) is 29.4 Å². The fraction of sp³-hybridized carbons (Fsp3) is 0.480. The van der Waals surface area contributed by atoms with Crippen LogP contribution in [-0.2, 0) is 30.3 Å². The minimum absolute atomic E-state index is 0.135. The number of aromatic nitrogens is 1. The number of hydrogen-bond donors (Lipinski definition) is 5. The summed E-state index contributed by atoms with van der Waals surface area (Å²) in [5, 5.41) is 28.9. The highest BCUT2D eigenvalue weighted by Crippen LogP contribution is 2.14. The van der Waals surface area contributed by atoms with Crippen LogP contribution in [0.2, 0.25) is 0 Å². The highest BCUT2D eigenvalue weighted by atomic mass is 32.1. The zero-order chi connectivity index (χ0) is 28.3. The monoisotopic (exact) mass is 550 g/mol. The molecule has 0 aliphatic carbocycles. The van der Waals surface area contributed by atoms with Crippen LogP contribution in [-0.4, -0.2) is 96.5 Å². The van der Waals surface area contributed by atoms with Crippen molar-refractivity contribution in [2.75, 3.05) is 27.4 Å². The van der Waals surface area contributed by atoms with Gasteiger partial charge in [0.1, 0.15) is 35.1 Å². The minimum Gasteiger partial charge on any atom is -0.467 e. The molecular formula is C25H34N4O8S. The Bertz CT molecular complexity index is 1080. The number of aliphatic hydroxyl groups is 2. The Balaban J connectivity index is 2.18. The van der Waals surface area contributed by atoms with E-state index in [1.807, 2.05) is 6.07 Å². The molecule has 1 unspecified atom stereocenters. The van der Waals surface area contributed by atoms with E-state index in [0.717, 1.165) is 16.9 Å². The number of amides is 1. The summed E-state index contributed by atoms with van der Waals surface area (Å²) < 4.78 is 10.2. The van der Waals surface area contributed by atoms with Gasteiger partial charge in [-0.15, -0.1) is 11.3 Å². The van der Waals surface area contributed by atoms with Crippen LogP contribution in [0.3, 0.4) is 0 Å². The van der Waals surface area contributed by atoms with E-state index in [2.05, 4.69) is 20.9 Å². The number of aliphatic hydroxyl groups excluding tert-OH is 1. The van der Waals surface area contributed by atoms with Gasteiger partial charge in [-0.25, -0.2) is 9.78 Å². The van der Waals surface area contributed by atoms with Crippen LogP contribution in [0.4, 0.5) is 0 Å². The predicted octanol–water partition coefficient (Wildman–Crippen LogP) is -0.634. The van der Waals surface area contributed by atoms with Gasteiger partial charge in [-0.3, -0.25) is 14.9 Å². The second-order valence-electron chi connectivity index (χ2n) is 8.72. The maximum absolute atomic E-state index is 13.1. The van der Waals surface area contributed by atoms with Crippen molar-refractivity contribution < 1.29 is 38.9 Å². The molecule has 5 N–H and O–H groups in total. The number of nitrogens with one attached hydrogen (secondary N) is 3. The number of ketones is 1. The Kier molecular flexibility index (Phi) is 12.1. The molecule has 0 aliphatic rings. The van der Waals surface area contributed by atoms with Crippen LogP contribution in [0.25, 0.3) is 0 Å². The molecule has 0 saturated heterocycles. The third-order valence-corrected chi connectivity index (χ3v) is 6.64. The van der Waals surface area contributed by atoms with Crippen LogP contribution >= 0.6 is 11.3 Å². The number of hydrogen-bond acceptors (Lipinski definition) is 12. The zero-order valence-corrected chi connectivity index (χ0v) is 22.5. The number of aryl methyl sites for hydroxylation is 1. The lowest BCUT2D eigenvalue weighted by Gasteiger charge is -2.32. The first-order chi connectivity index (χ1) is 18.1. The number of aldehydes is 1. The van der Waals surface area contributed by atoms with E-state index in [1.54, 1.807) is 31.2 Å². The molecule has 1 heterocycles. The average Bonchev–Trinajstić information content (AvgIpc) is 3.37. The summed E-state index contributed by atoms with van der Waals surface area (Å²) in [6.07, 6.45) is 0.966. The molecule has 208 valence electrons. The maximum atomic E-state index is 13.1. The first-order valence-electron chi connectivity index (χ1n) is 11.8. The third kappa shape index (κ3) is 8.75. The van der Waals surface area contributed by atoms with Gasteiger partial charge in [0.15, 0.2) is 5.78 Å². The summed E-state index contributed by atoms with van der Waals surface area (Å²) in [6, 6.07) is 5.71. The number of nitrogens with zero attached hydrogens (tertiary/aromatic N) is 1. The Labute approximate surface area is 224 Å². The molecule has 1 aromatic heterocycles. The second kappa shape index (κ2) is 14.8. The fourth-order valence-corrected chi connectivity index (χ4v) is 4.24. The highest BCUT2D eigenvalue weighted by molar-refractivity contribution is 7.13. The van der Waals surface area contributed by atoms with Gasteiger partial charge >= 0.3 is 5.97 Å². The quantitative estimate of drug-likeness (QED) is 0.102. The van der Waals surface area contributed by atoms with Crippen molar-refractivity contribution in [3.8, 4) is 0 Å². The molecule has 12 nitrogen and oxygen atoms in total. The maximum Gasteiger partial charge on any atom is 0.329 e. The standard InChI is InChI=1S/C25H34N4O8S/c1-15-26-12-20(38-15)22(33)28-18(24(34)37-4)11-27-19(13-30)23(36-3)29-17(21(32)25(2,35)14-31)10-16-8-6-5-7-9-16/h5-9,12-13,17-19,23,27,29,31,35H,10-11,14H2,1-4H3,(H,28,33)/t17-,18-,19?,23-,25+/m0/s1. The van der Waals surface area contributed by atoms with Gasteiger partial charge in [0.25, 0.3) is 5.91 Å². The Morgan fingerprint density at radius 1 is 1.18 bits per heavy atom. The SMILES string of the molecule is COC(=O)[C@H](CNC(C=O)[C@@H](N[C@@H](Cc1ccccc1)C(=O)[C@](C)(O)CO)OC)NC(=O)c1cnc(C)s1. The molecule has 5 atom stereocenters. The first kappa shape index (κ1) is 31.1. The van der Waals surface area contributed by atoms with Crippen LogP contribution in [0.15, 0.2) is 36.5 Å². The molecule has 0 spiro atoms. The van der Waals surface area contributed by atoms with Gasteiger partial charge < -0.3 is 35.1 Å². The second-order valence-corrected chi connectivity index (χ2v) is 9.96. The number of rotatable bonds is 16. The summed E-state index contributed by atoms with van der Waals surface area (Å²) in [5.41, 5.74) is -1.27. The van der Waals surface area contributed by atoms with E-state index < -0.39 is 54.2 Å². The molecule has 0 radical (unpaired) electrons. The summed E-state index contributed by atoms with van der Waals surface area (Å²) in [4.78, 5) is 54.3. The van der Waals surface area contributed by atoms with Gasteiger partial charge in [0.05, 0.1) is 31.0 Å². The molecule has 0 saturated carbocycles. The number of thiazole rings is 1. The van der Waals surface area contributed by atoms with Crippen LogP contribution in [0, 0.1) is 6.92 Å². The van der Waals surface area contributed by atoms with E-state index in [1.165, 1.54) is 27.3 Å². The molecule has 0 fully saturated rings. The molecular weight excluding hydrogens is 516 g/mol.